The molecule has 0 amide bonds. The molecule has 0 bridgehead atoms. The molecular weight excluding hydrogens is 400 g/mol. The van der Waals surface area contributed by atoms with E-state index in [1.54, 1.807) is 6.33 Å². The summed E-state index contributed by atoms with van der Waals surface area (Å²) in [6.07, 6.45) is 13.8. The van der Waals surface area contributed by atoms with Crippen LogP contribution in [-0.2, 0) is 16.1 Å². The van der Waals surface area contributed by atoms with Crippen LogP contribution < -0.4 is 0 Å². The van der Waals surface area contributed by atoms with E-state index in [4.69, 9.17) is 4.74 Å². The number of methoxy groups -OCH3 is 1. The molecule has 4 aliphatic rings. The molecule has 0 unspecified atom stereocenters. The van der Waals surface area contributed by atoms with Crippen LogP contribution in [0.3, 0.4) is 0 Å². The molecule has 0 aliphatic heterocycles. The summed E-state index contributed by atoms with van der Waals surface area (Å²) in [4.78, 5) is 17.7. The van der Waals surface area contributed by atoms with Gasteiger partial charge in [0.2, 0.25) is 0 Å². The summed E-state index contributed by atoms with van der Waals surface area (Å²) in [5.41, 5.74) is 0.807. The molecule has 0 radical (unpaired) electrons. The first-order valence-electron chi connectivity index (χ1n) is 12.9. The highest BCUT2D eigenvalue weighted by molar-refractivity contribution is 5.82. The number of ether oxygens (including phenoxy) is 1. The molecule has 4 fully saturated rings. The van der Waals surface area contributed by atoms with Gasteiger partial charge in [0.05, 0.1) is 30.8 Å². The van der Waals surface area contributed by atoms with Gasteiger partial charge < -0.3 is 14.4 Å². The first-order valence-corrected chi connectivity index (χ1v) is 12.9. The van der Waals surface area contributed by atoms with Crippen LogP contribution in [0.5, 0.6) is 0 Å². The fraction of sp³-hybridized carbons (Fsp3) is 0.852. The van der Waals surface area contributed by atoms with E-state index in [2.05, 4.69) is 11.9 Å². The molecule has 178 valence electrons. The van der Waals surface area contributed by atoms with Crippen LogP contribution in [0, 0.1) is 47.3 Å². The highest BCUT2D eigenvalue weighted by Gasteiger charge is 2.63. The molecule has 0 aromatic carbocycles. The molecule has 8 atom stereocenters. The van der Waals surface area contributed by atoms with Gasteiger partial charge in [0.25, 0.3) is 0 Å². The standard InChI is InChI=1S/C27H42N2O3/c1-18-14-29(17-28-18)15-24(30)23-8-7-21-20-6-5-19-13-25(2,31)11-12-27(19,16-32-4)22(20)9-10-26(21,23)3/h14,17,19-23,31H,5-13,15-16H2,1-4H3/t19-,20-,21-,22-,23+,25+,26-,27+/m0/s1. The number of hydrogen-bond donors (Lipinski definition) is 1. The third-order valence-electron chi connectivity index (χ3n) is 10.6. The van der Waals surface area contributed by atoms with Crippen molar-refractivity contribution in [2.75, 3.05) is 13.7 Å². The Morgan fingerprint density at radius 1 is 1.16 bits per heavy atom. The Kier molecular flexibility index (Phi) is 5.60. The largest absolute Gasteiger partial charge is 0.390 e. The molecule has 4 aliphatic carbocycles. The fourth-order valence-electron chi connectivity index (χ4n) is 9.16. The minimum atomic E-state index is -0.519. The number of carbonyl (C=O) groups excluding carboxylic acids is 1. The lowest BCUT2D eigenvalue weighted by atomic mass is 9.43. The van der Waals surface area contributed by atoms with Crippen LogP contribution in [-0.4, -0.2) is 39.8 Å². The maximum Gasteiger partial charge on any atom is 0.156 e. The zero-order chi connectivity index (χ0) is 22.7. The molecule has 1 heterocycles. The summed E-state index contributed by atoms with van der Waals surface area (Å²) < 4.78 is 7.84. The van der Waals surface area contributed by atoms with E-state index in [0.717, 1.165) is 44.4 Å². The van der Waals surface area contributed by atoms with E-state index in [9.17, 15) is 9.90 Å². The number of nitrogens with zero attached hydrogens (tertiary/aromatic N) is 2. The first-order chi connectivity index (χ1) is 15.2. The zero-order valence-corrected chi connectivity index (χ0v) is 20.5. The van der Waals surface area contributed by atoms with Crippen molar-refractivity contribution < 1.29 is 14.6 Å². The van der Waals surface area contributed by atoms with E-state index >= 15 is 0 Å². The number of aromatic nitrogens is 2. The van der Waals surface area contributed by atoms with Gasteiger partial charge in [0, 0.05) is 19.2 Å². The predicted octanol–water partition coefficient (Wildman–Crippen LogP) is 4.80. The fourth-order valence-corrected chi connectivity index (χ4v) is 9.16. The number of fused-ring (bicyclic) bond motifs is 5. The number of aliphatic hydroxyl groups is 1. The Labute approximate surface area is 193 Å². The third-order valence-corrected chi connectivity index (χ3v) is 10.6. The van der Waals surface area contributed by atoms with Gasteiger partial charge in [0.15, 0.2) is 5.78 Å². The zero-order valence-electron chi connectivity index (χ0n) is 20.5. The second kappa shape index (κ2) is 7.94. The van der Waals surface area contributed by atoms with E-state index in [-0.39, 0.29) is 16.7 Å². The Bertz CT molecular complexity index is 863. The Morgan fingerprint density at radius 3 is 2.69 bits per heavy atom. The van der Waals surface area contributed by atoms with Crippen molar-refractivity contribution in [3.63, 3.8) is 0 Å². The molecule has 0 spiro atoms. The average molecular weight is 443 g/mol. The summed E-state index contributed by atoms with van der Waals surface area (Å²) in [6.45, 7) is 7.74. The Hall–Kier alpha value is -1.20. The van der Waals surface area contributed by atoms with E-state index in [0.29, 0.717) is 36.0 Å². The molecule has 5 rings (SSSR count). The van der Waals surface area contributed by atoms with Crippen molar-refractivity contribution in [2.45, 2.75) is 90.7 Å². The third kappa shape index (κ3) is 3.50. The van der Waals surface area contributed by atoms with Crippen LogP contribution >= 0.6 is 0 Å². The van der Waals surface area contributed by atoms with Gasteiger partial charge in [-0.15, -0.1) is 0 Å². The molecule has 5 nitrogen and oxygen atoms in total. The molecule has 1 aromatic rings. The SMILES string of the molecule is COC[C@]12CC[C@@](C)(O)C[C@@H]1CC[C@H]1[C@@H]3CC[C@H](C(=O)Cn4cnc(C)c4)[C@@]3(C)CC[C@@H]12. The number of carbonyl (C=O) groups is 1. The molecule has 5 heteroatoms. The van der Waals surface area contributed by atoms with Gasteiger partial charge in [-0.1, -0.05) is 6.92 Å². The Morgan fingerprint density at radius 2 is 1.97 bits per heavy atom. The quantitative estimate of drug-likeness (QED) is 0.712. The summed E-state index contributed by atoms with van der Waals surface area (Å²) in [5.74, 6) is 3.19. The lowest BCUT2D eigenvalue weighted by Gasteiger charge is -2.62. The van der Waals surface area contributed by atoms with Gasteiger partial charge in [0.1, 0.15) is 0 Å². The van der Waals surface area contributed by atoms with Crippen LogP contribution in [0.1, 0.15) is 77.3 Å². The lowest BCUT2D eigenvalue weighted by Crippen LogP contribution is -2.58. The smallest absolute Gasteiger partial charge is 0.156 e. The van der Waals surface area contributed by atoms with Crippen molar-refractivity contribution in [2.24, 2.45) is 40.4 Å². The number of ketones is 1. The van der Waals surface area contributed by atoms with Crippen molar-refractivity contribution >= 4 is 5.78 Å². The molecule has 1 N–H and O–H groups in total. The number of aryl methyl sites for hydroxylation is 1. The van der Waals surface area contributed by atoms with Gasteiger partial charge >= 0.3 is 0 Å². The van der Waals surface area contributed by atoms with Crippen LogP contribution in [0.2, 0.25) is 0 Å². The monoisotopic (exact) mass is 442 g/mol. The van der Waals surface area contributed by atoms with Gasteiger partial charge in [-0.3, -0.25) is 4.79 Å². The number of Topliss-reactive ketones (excluding diaryl/α,β-unsaturated/α-hetero) is 1. The summed E-state index contributed by atoms with van der Waals surface area (Å²) >= 11 is 0. The van der Waals surface area contributed by atoms with Crippen LogP contribution in [0.15, 0.2) is 12.5 Å². The number of imidazole rings is 1. The van der Waals surface area contributed by atoms with Crippen molar-refractivity contribution in [1.82, 2.24) is 9.55 Å². The maximum atomic E-state index is 13.4. The first kappa shape index (κ1) is 22.6. The summed E-state index contributed by atoms with van der Waals surface area (Å²) in [6, 6.07) is 0. The predicted molar refractivity (Wildman–Crippen MR) is 124 cm³/mol. The second-order valence-corrected chi connectivity index (χ2v) is 12.3. The van der Waals surface area contributed by atoms with Gasteiger partial charge in [-0.05, 0) is 106 Å². The van der Waals surface area contributed by atoms with Crippen LogP contribution in [0.4, 0.5) is 0 Å². The molecule has 0 saturated heterocycles. The van der Waals surface area contributed by atoms with Crippen molar-refractivity contribution in [3.05, 3.63) is 18.2 Å². The summed E-state index contributed by atoms with van der Waals surface area (Å²) in [5, 5.41) is 10.8. The second-order valence-electron chi connectivity index (χ2n) is 12.3. The molecular formula is C27H42N2O3. The van der Waals surface area contributed by atoms with Crippen LogP contribution in [0.25, 0.3) is 0 Å². The molecule has 1 aromatic heterocycles. The maximum absolute atomic E-state index is 13.4. The minimum Gasteiger partial charge on any atom is -0.390 e. The number of hydrogen-bond acceptors (Lipinski definition) is 4. The van der Waals surface area contributed by atoms with Gasteiger partial charge in [-0.25, -0.2) is 4.98 Å². The highest BCUT2D eigenvalue weighted by atomic mass is 16.5. The van der Waals surface area contributed by atoms with E-state index in [1.165, 1.54) is 25.7 Å². The number of rotatable bonds is 5. The summed E-state index contributed by atoms with van der Waals surface area (Å²) in [7, 11) is 1.86. The minimum absolute atomic E-state index is 0.134. The molecule has 4 saturated carbocycles. The Balaban J connectivity index is 1.37. The lowest BCUT2D eigenvalue weighted by molar-refractivity contribution is -0.175. The van der Waals surface area contributed by atoms with Crippen molar-refractivity contribution in [1.29, 1.82) is 0 Å². The van der Waals surface area contributed by atoms with E-state index in [1.807, 2.05) is 31.7 Å². The van der Waals surface area contributed by atoms with E-state index < -0.39 is 5.60 Å². The van der Waals surface area contributed by atoms with Crippen molar-refractivity contribution in [3.8, 4) is 0 Å². The topological polar surface area (TPSA) is 64.3 Å². The van der Waals surface area contributed by atoms with Gasteiger partial charge in [-0.2, -0.15) is 0 Å². The highest BCUT2D eigenvalue weighted by Crippen LogP contribution is 2.68. The molecule has 32 heavy (non-hydrogen) atoms. The normalized spacial score (nSPS) is 45.7. The average Bonchev–Trinajstić information content (AvgIpc) is 3.30.